The molecule has 2 atom stereocenters. The maximum Gasteiger partial charge on any atom is 0.191 e. The van der Waals surface area contributed by atoms with Crippen LogP contribution in [0.25, 0.3) is 0 Å². The molecule has 1 aromatic heterocycles. The van der Waals surface area contributed by atoms with Crippen LogP contribution in [0.1, 0.15) is 30.7 Å². The highest BCUT2D eigenvalue weighted by atomic mass is 14.7. The molecule has 1 heterocycles. The molecule has 112 valence electrons. The van der Waals surface area contributed by atoms with Gasteiger partial charge >= 0.3 is 0 Å². The minimum Gasteiger partial charge on any atom is -0.399 e. The zero-order chi connectivity index (χ0) is 16.4. The maximum absolute atomic E-state index is 9.82. The fourth-order valence-corrected chi connectivity index (χ4v) is 3.82. The van der Waals surface area contributed by atoms with E-state index in [1.54, 1.807) is 12.4 Å². The van der Waals surface area contributed by atoms with Crippen LogP contribution in [0.4, 0.5) is 0 Å². The third-order valence-corrected chi connectivity index (χ3v) is 4.86. The Kier molecular flexibility index (Phi) is 3.61. The summed E-state index contributed by atoms with van der Waals surface area (Å²) in [5, 5.41) is 29.2. The maximum atomic E-state index is 9.82. The fraction of sp³-hybridized carbons (Fsp3) is 0.333. The number of nitriles is 3. The van der Waals surface area contributed by atoms with Crippen molar-refractivity contribution in [3.63, 3.8) is 0 Å². The van der Waals surface area contributed by atoms with E-state index in [1.807, 2.05) is 18.2 Å². The topological polar surface area (TPSA) is 110 Å². The van der Waals surface area contributed by atoms with Gasteiger partial charge in [-0.1, -0.05) is 6.08 Å². The molecular formula is C18H15N5. The van der Waals surface area contributed by atoms with Crippen molar-refractivity contribution in [2.24, 2.45) is 17.1 Å². The summed E-state index contributed by atoms with van der Waals surface area (Å²) in [6.45, 7) is 0. The molecule has 3 rings (SSSR count). The molecular weight excluding hydrogens is 286 g/mol. The summed E-state index contributed by atoms with van der Waals surface area (Å²) in [5.74, 6) is -0.434. The van der Waals surface area contributed by atoms with Crippen molar-refractivity contribution < 1.29 is 0 Å². The predicted molar refractivity (Wildman–Crippen MR) is 82.9 cm³/mol. The van der Waals surface area contributed by atoms with Crippen LogP contribution in [0, 0.1) is 45.3 Å². The molecule has 5 heteroatoms. The number of hydrogen-bond acceptors (Lipinski definition) is 5. The quantitative estimate of drug-likeness (QED) is 0.857. The fourth-order valence-electron chi connectivity index (χ4n) is 3.82. The first-order valence-corrected chi connectivity index (χ1v) is 7.52. The van der Waals surface area contributed by atoms with Gasteiger partial charge in [0.1, 0.15) is 6.07 Å². The third kappa shape index (κ3) is 2.00. The van der Waals surface area contributed by atoms with Crippen LogP contribution in [-0.2, 0) is 0 Å². The molecule has 0 unspecified atom stereocenters. The van der Waals surface area contributed by atoms with E-state index in [4.69, 9.17) is 5.73 Å². The third-order valence-electron chi connectivity index (χ3n) is 4.86. The molecule has 23 heavy (non-hydrogen) atoms. The predicted octanol–water partition coefficient (Wildman–Crippen LogP) is 2.68. The van der Waals surface area contributed by atoms with E-state index in [2.05, 4.69) is 23.2 Å². The minimum atomic E-state index is -1.52. The van der Waals surface area contributed by atoms with Gasteiger partial charge in [-0.3, -0.25) is 4.98 Å². The Hall–Kier alpha value is -3.10. The zero-order valence-corrected chi connectivity index (χ0v) is 12.5. The van der Waals surface area contributed by atoms with Crippen molar-refractivity contribution in [3.05, 3.63) is 53.0 Å². The number of pyridine rings is 1. The number of nitrogens with zero attached hydrogens (tertiary/aromatic N) is 4. The molecule has 2 N–H and O–H groups in total. The Morgan fingerprint density at radius 2 is 1.87 bits per heavy atom. The summed E-state index contributed by atoms with van der Waals surface area (Å²) in [6.07, 6.45) is 8.04. The van der Waals surface area contributed by atoms with Crippen LogP contribution in [0.15, 0.2) is 47.4 Å². The van der Waals surface area contributed by atoms with Gasteiger partial charge in [0.25, 0.3) is 0 Å². The van der Waals surface area contributed by atoms with Crippen molar-refractivity contribution in [1.29, 1.82) is 15.8 Å². The van der Waals surface area contributed by atoms with Crippen molar-refractivity contribution in [2.45, 2.75) is 25.2 Å². The van der Waals surface area contributed by atoms with Gasteiger partial charge < -0.3 is 5.73 Å². The van der Waals surface area contributed by atoms with E-state index < -0.39 is 5.41 Å². The summed E-state index contributed by atoms with van der Waals surface area (Å²) in [5.41, 5.74) is 6.80. The first-order chi connectivity index (χ1) is 11.2. The lowest BCUT2D eigenvalue weighted by Crippen LogP contribution is -2.42. The molecule has 0 radical (unpaired) electrons. The Morgan fingerprint density at radius 1 is 1.17 bits per heavy atom. The lowest BCUT2D eigenvalue weighted by molar-refractivity contribution is 0.317. The molecule has 0 fully saturated rings. The average Bonchev–Trinajstić information content (AvgIpc) is 2.61. The van der Waals surface area contributed by atoms with E-state index in [0.717, 1.165) is 30.4 Å². The second-order valence-corrected chi connectivity index (χ2v) is 5.89. The molecule has 2 aliphatic rings. The van der Waals surface area contributed by atoms with Gasteiger partial charge in [0.2, 0.25) is 0 Å². The average molecular weight is 301 g/mol. The number of allylic oxidation sites excluding steroid dienone is 4. The van der Waals surface area contributed by atoms with Gasteiger partial charge in [-0.25, -0.2) is 0 Å². The van der Waals surface area contributed by atoms with Crippen LogP contribution < -0.4 is 5.73 Å². The SMILES string of the molecule is N#CC1=C(N)C(C#N)(C#N)[C@H](c2ccncc2)[C@@H]2CCCC=C12. The lowest BCUT2D eigenvalue weighted by Gasteiger charge is -2.43. The zero-order valence-electron chi connectivity index (χ0n) is 12.5. The first kappa shape index (κ1) is 14.8. The number of hydrogen-bond donors (Lipinski definition) is 1. The van der Waals surface area contributed by atoms with Gasteiger partial charge in [-0.05, 0) is 48.4 Å². The number of fused-ring (bicyclic) bond motifs is 1. The Labute approximate surface area is 135 Å². The smallest absolute Gasteiger partial charge is 0.191 e. The Balaban J connectivity index is 2.33. The van der Waals surface area contributed by atoms with Gasteiger partial charge in [0, 0.05) is 18.3 Å². The van der Waals surface area contributed by atoms with E-state index in [1.165, 1.54) is 0 Å². The summed E-state index contributed by atoms with van der Waals surface area (Å²) in [4.78, 5) is 4.02. The summed E-state index contributed by atoms with van der Waals surface area (Å²) >= 11 is 0. The molecule has 2 aliphatic carbocycles. The molecule has 0 aliphatic heterocycles. The molecule has 0 bridgehead atoms. The molecule has 0 amide bonds. The number of aromatic nitrogens is 1. The molecule has 0 saturated carbocycles. The van der Waals surface area contributed by atoms with Crippen LogP contribution in [0.3, 0.4) is 0 Å². The lowest BCUT2D eigenvalue weighted by atomic mass is 9.57. The van der Waals surface area contributed by atoms with Crippen LogP contribution in [-0.4, -0.2) is 4.98 Å². The van der Waals surface area contributed by atoms with Gasteiger partial charge in [0.15, 0.2) is 5.41 Å². The van der Waals surface area contributed by atoms with E-state index in [9.17, 15) is 15.8 Å². The minimum absolute atomic E-state index is 0.0487. The van der Waals surface area contributed by atoms with Crippen molar-refractivity contribution >= 4 is 0 Å². The van der Waals surface area contributed by atoms with Crippen LogP contribution in [0.5, 0.6) is 0 Å². The largest absolute Gasteiger partial charge is 0.399 e. The van der Waals surface area contributed by atoms with Crippen molar-refractivity contribution in [3.8, 4) is 18.2 Å². The van der Waals surface area contributed by atoms with Crippen molar-refractivity contribution in [1.82, 2.24) is 4.98 Å². The normalized spacial score (nSPS) is 25.3. The molecule has 0 spiro atoms. The van der Waals surface area contributed by atoms with E-state index in [0.29, 0.717) is 5.57 Å². The first-order valence-electron chi connectivity index (χ1n) is 7.52. The number of nitrogens with two attached hydrogens (primary N) is 1. The van der Waals surface area contributed by atoms with E-state index in [-0.39, 0.29) is 17.5 Å². The Bertz CT molecular complexity index is 800. The summed E-state index contributed by atoms with van der Waals surface area (Å²) in [6, 6.07) is 10.0. The van der Waals surface area contributed by atoms with Gasteiger partial charge in [-0.2, -0.15) is 15.8 Å². The second-order valence-electron chi connectivity index (χ2n) is 5.89. The monoisotopic (exact) mass is 301 g/mol. The summed E-state index contributed by atoms with van der Waals surface area (Å²) < 4.78 is 0. The summed E-state index contributed by atoms with van der Waals surface area (Å²) in [7, 11) is 0. The van der Waals surface area contributed by atoms with Gasteiger partial charge in [0.05, 0.1) is 23.4 Å². The highest BCUT2D eigenvalue weighted by molar-refractivity contribution is 5.59. The molecule has 5 nitrogen and oxygen atoms in total. The van der Waals surface area contributed by atoms with E-state index >= 15 is 0 Å². The van der Waals surface area contributed by atoms with Crippen LogP contribution >= 0.6 is 0 Å². The standard InChI is InChI=1S/C18H15N5/c19-9-15-13-3-1-2-4-14(13)16(12-5-7-23-8-6-12)18(10-20,11-21)17(15)22/h3,5-8,14,16H,1-2,4,22H2/t14-,16-/m1/s1. The molecule has 0 saturated heterocycles. The highest BCUT2D eigenvalue weighted by Gasteiger charge is 2.53. The Morgan fingerprint density at radius 3 is 2.48 bits per heavy atom. The number of rotatable bonds is 1. The molecule has 0 aromatic carbocycles. The highest BCUT2D eigenvalue weighted by Crippen LogP contribution is 2.55. The molecule has 1 aromatic rings. The van der Waals surface area contributed by atoms with Crippen LogP contribution in [0.2, 0.25) is 0 Å². The van der Waals surface area contributed by atoms with Gasteiger partial charge in [-0.15, -0.1) is 0 Å². The second kappa shape index (κ2) is 5.59. The van der Waals surface area contributed by atoms with Crippen molar-refractivity contribution in [2.75, 3.05) is 0 Å².